The van der Waals surface area contributed by atoms with E-state index in [1.807, 2.05) is 23.1 Å². The van der Waals surface area contributed by atoms with Crippen LogP contribution in [0.3, 0.4) is 0 Å². The number of aryl methyl sites for hydroxylation is 1. The van der Waals surface area contributed by atoms with Crippen LogP contribution in [0.2, 0.25) is 0 Å². The van der Waals surface area contributed by atoms with Crippen molar-refractivity contribution in [2.45, 2.75) is 19.3 Å². The van der Waals surface area contributed by atoms with E-state index in [1.54, 1.807) is 6.20 Å². The quantitative estimate of drug-likeness (QED) is 0.771. The second kappa shape index (κ2) is 5.29. The Bertz CT molecular complexity index is 600. The van der Waals surface area contributed by atoms with E-state index in [0.29, 0.717) is 10.3 Å². The molecule has 0 aliphatic carbocycles. The average Bonchev–Trinajstić information content (AvgIpc) is 2.61. The Morgan fingerprint density at radius 2 is 2.05 bits per heavy atom. The fourth-order valence-electron chi connectivity index (χ4n) is 2.52. The summed E-state index contributed by atoms with van der Waals surface area (Å²) < 4.78 is 14.8. The van der Waals surface area contributed by atoms with Crippen molar-refractivity contribution in [2.24, 2.45) is 0 Å². The Labute approximate surface area is 120 Å². The minimum Gasteiger partial charge on any atom is -0.324 e. The van der Waals surface area contributed by atoms with Gasteiger partial charge >= 0.3 is 0 Å². The van der Waals surface area contributed by atoms with Gasteiger partial charge in [-0.15, -0.1) is 0 Å². The number of benzene rings is 1. The maximum atomic E-state index is 14.1. The van der Waals surface area contributed by atoms with Crippen LogP contribution in [0.1, 0.15) is 18.4 Å². The highest BCUT2D eigenvalue weighted by molar-refractivity contribution is 9.10. The van der Waals surface area contributed by atoms with Crippen LogP contribution in [0.25, 0.3) is 0 Å². The van der Waals surface area contributed by atoms with Gasteiger partial charge in [-0.2, -0.15) is 0 Å². The topological polar surface area (TPSA) is 16.1 Å². The van der Waals surface area contributed by atoms with Crippen LogP contribution < -0.4 is 4.90 Å². The molecule has 2 aromatic rings. The second-order valence-corrected chi connectivity index (χ2v) is 5.61. The van der Waals surface area contributed by atoms with Crippen LogP contribution in [-0.4, -0.2) is 11.5 Å². The molecule has 1 aliphatic rings. The highest BCUT2D eigenvalue weighted by atomic mass is 79.9. The largest absolute Gasteiger partial charge is 0.324 e. The summed E-state index contributed by atoms with van der Waals surface area (Å²) in [5, 5.41) is 0. The summed E-state index contributed by atoms with van der Waals surface area (Å²) in [5.41, 5.74) is 2.35. The number of hydrogen-bond donors (Lipinski definition) is 0. The number of pyridine rings is 1. The van der Waals surface area contributed by atoms with Gasteiger partial charge in [-0.25, -0.2) is 9.37 Å². The SMILES string of the molecule is Fc1cc(Br)cnc1N1CCCCc2ccccc21. The third kappa shape index (κ3) is 2.50. The van der Waals surface area contributed by atoms with Crippen molar-refractivity contribution in [3.63, 3.8) is 0 Å². The number of nitrogens with zero attached hydrogens (tertiary/aromatic N) is 2. The molecule has 0 amide bonds. The lowest BCUT2D eigenvalue weighted by molar-refractivity contribution is 0.615. The number of hydrogen-bond acceptors (Lipinski definition) is 2. The highest BCUT2D eigenvalue weighted by Gasteiger charge is 2.20. The standard InChI is InChI=1S/C15H14BrFN2/c16-12-9-13(17)15(18-10-12)19-8-4-3-6-11-5-1-2-7-14(11)19/h1-2,5,7,9-10H,3-4,6,8H2. The van der Waals surface area contributed by atoms with Gasteiger partial charge in [0.25, 0.3) is 0 Å². The van der Waals surface area contributed by atoms with E-state index in [0.717, 1.165) is 31.5 Å². The number of anilines is 2. The van der Waals surface area contributed by atoms with E-state index in [4.69, 9.17) is 0 Å². The minimum atomic E-state index is -0.286. The lowest BCUT2D eigenvalue weighted by atomic mass is 10.1. The van der Waals surface area contributed by atoms with Crippen LogP contribution in [-0.2, 0) is 6.42 Å². The van der Waals surface area contributed by atoms with Crippen molar-refractivity contribution < 1.29 is 4.39 Å². The van der Waals surface area contributed by atoms with Gasteiger partial charge in [-0.05, 0) is 52.9 Å². The van der Waals surface area contributed by atoms with Gasteiger partial charge in [0.05, 0.1) is 0 Å². The molecule has 1 aliphatic heterocycles. The van der Waals surface area contributed by atoms with E-state index >= 15 is 0 Å². The second-order valence-electron chi connectivity index (χ2n) is 4.70. The third-order valence-corrected chi connectivity index (χ3v) is 3.84. The van der Waals surface area contributed by atoms with Crippen molar-refractivity contribution in [2.75, 3.05) is 11.4 Å². The molecule has 2 heterocycles. The normalized spacial score (nSPS) is 14.9. The Morgan fingerprint density at radius 1 is 1.21 bits per heavy atom. The Morgan fingerprint density at radius 3 is 2.89 bits per heavy atom. The van der Waals surface area contributed by atoms with Gasteiger partial charge < -0.3 is 4.90 Å². The van der Waals surface area contributed by atoms with Crippen LogP contribution in [0.4, 0.5) is 15.9 Å². The van der Waals surface area contributed by atoms with Gasteiger partial charge in [0.2, 0.25) is 0 Å². The molecular weight excluding hydrogens is 307 g/mol. The van der Waals surface area contributed by atoms with Gasteiger partial charge in [0.15, 0.2) is 11.6 Å². The molecule has 0 saturated heterocycles. The molecule has 0 radical (unpaired) electrons. The summed E-state index contributed by atoms with van der Waals surface area (Å²) >= 11 is 3.25. The molecule has 1 aromatic heterocycles. The number of aromatic nitrogens is 1. The van der Waals surface area contributed by atoms with Crippen LogP contribution in [0, 0.1) is 5.82 Å². The molecule has 0 fully saturated rings. The summed E-state index contributed by atoms with van der Waals surface area (Å²) in [6, 6.07) is 9.66. The number of fused-ring (bicyclic) bond motifs is 1. The van der Waals surface area contributed by atoms with E-state index in [9.17, 15) is 4.39 Å². The molecular formula is C15H14BrFN2. The van der Waals surface area contributed by atoms with E-state index in [-0.39, 0.29) is 5.82 Å². The molecule has 0 unspecified atom stereocenters. The lowest BCUT2D eigenvalue weighted by Gasteiger charge is -2.24. The first kappa shape index (κ1) is 12.6. The first-order valence-corrected chi connectivity index (χ1v) is 7.21. The van der Waals surface area contributed by atoms with Crippen molar-refractivity contribution >= 4 is 27.4 Å². The van der Waals surface area contributed by atoms with E-state index in [1.165, 1.54) is 11.6 Å². The molecule has 1 aromatic carbocycles. The predicted octanol–water partition coefficient (Wildman–Crippen LogP) is 4.46. The molecule has 98 valence electrons. The van der Waals surface area contributed by atoms with Gasteiger partial charge in [-0.1, -0.05) is 18.2 Å². The van der Waals surface area contributed by atoms with Gasteiger partial charge in [0, 0.05) is 22.9 Å². The molecule has 0 bridgehead atoms. The summed E-state index contributed by atoms with van der Waals surface area (Å²) in [5.74, 6) is 0.128. The Kier molecular flexibility index (Phi) is 3.51. The lowest BCUT2D eigenvalue weighted by Crippen LogP contribution is -2.20. The first-order chi connectivity index (χ1) is 9.25. The van der Waals surface area contributed by atoms with Crippen LogP contribution in [0.15, 0.2) is 41.0 Å². The summed E-state index contributed by atoms with van der Waals surface area (Å²) in [6.07, 6.45) is 4.87. The maximum Gasteiger partial charge on any atom is 0.169 e. The fraction of sp³-hybridized carbons (Fsp3) is 0.267. The fourth-order valence-corrected chi connectivity index (χ4v) is 2.82. The van der Waals surface area contributed by atoms with Gasteiger partial charge in [0.1, 0.15) is 0 Å². The zero-order chi connectivity index (χ0) is 13.2. The molecule has 0 spiro atoms. The molecule has 0 saturated carbocycles. The number of halogens is 2. The zero-order valence-electron chi connectivity index (χ0n) is 10.4. The van der Waals surface area contributed by atoms with Crippen molar-refractivity contribution in [1.29, 1.82) is 0 Å². The first-order valence-electron chi connectivity index (χ1n) is 6.42. The van der Waals surface area contributed by atoms with E-state index in [2.05, 4.69) is 27.0 Å². The van der Waals surface area contributed by atoms with Crippen molar-refractivity contribution in [3.8, 4) is 0 Å². The molecule has 0 N–H and O–H groups in total. The number of para-hydroxylation sites is 1. The van der Waals surface area contributed by atoms with Gasteiger partial charge in [-0.3, -0.25) is 0 Å². The Hall–Kier alpha value is -1.42. The molecule has 0 atom stereocenters. The van der Waals surface area contributed by atoms with Crippen molar-refractivity contribution in [1.82, 2.24) is 4.98 Å². The molecule has 4 heteroatoms. The monoisotopic (exact) mass is 320 g/mol. The van der Waals surface area contributed by atoms with Crippen LogP contribution in [0.5, 0.6) is 0 Å². The summed E-state index contributed by atoms with van der Waals surface area (Å²) in [6.45, 7) is 0.808. The minimum absolute atomic E-state index is 0.286. The Balaban J connectivity index is 2.09. The highest BCUT2D eigenvalue weighted by Crippen LogP contribution is 2.33. The molecule has 3 rings (SSSR count). The zero-order valence-corrected chi connectivity index (χ0v) is 12.0. The molecule has 2 nitrogen and oxygen atoms in total. The van der Waals surface area contributed by atoms with Crippen LogP contribution >= 0.6 is 15.9 Å². The van der Waals surface area contributed by atoms with E-state index < -0.39 is 0 Å². The maximum absolute atomic E-state index is 14.1. The average molecular weight is 321 g/mol. The smallest absolute Gasteiger partial charge is 0.169 e. The summed E-state index contributed by atoms with van der Waals surface area (Å²) in [4.78, 5) is 6.24. The third-order valence-electron chi connectivity index (χ3n) is 3.40. The molecule has 19 heavy (non-hydrogen) atoms. The predicted molar refractivity (Wildman–Crippen MR) is 78.3 cm³/mol. The summed E-state index contributed by atoms with van der Waals surface area (Å²) in [7, 11) is 0. The number of rotatable bonds is 1. The van der Waals surface area contributed by atoms with Crippen molar-refractivity contribution in [3.05, 3.63) is 52.4 Å².